The summed E-state index contributed by atoms with van der Waals surface area (Å²) in [4.78, 5) is 28.7. The third-order valence-electron chi connectivity index (χ3n) is 6.63. The molecule has 3 aliphatic rings. The maximum Gasteiger partial charge on any atom is 0.414 e. The minimum absolute atomic E-state index is 0.0199. The highest BCUT2D eigenvalue weighted by molar-refractivity contribution is 6.02. The summed E-state index contributed by atoms with van der Waals surface area (Å²) in [6.45, 7) is 12.2. The Kier molecular flexibility index (Phi) is 7.02. The second-order valence-electron chi connectivity index (χ2n) is 9.55. The Morgan fingerprint density at radius 1 is 1.19 bits per heavy atom. The molecule has 0 aromatic heterocycles. The molecule has 0 spiro atoms. The fourth-order valence-electron chi connectivity index (χ4n) is 5.05. The number of ether oxygens (including phenoxy) is 2. The van der Waals surface area contributed by atoms with Crippen molar-refractivity contribution in [2.45, 2.75) is 58.6 Å². The number of benzene rings is 1. The number of fused-ring (bicyclic) bond motifs is 1. The van der Waals surface area contributed by atoms with Crippen molar-refractivity contribution in [3.05, 3.63) is 23.8 Å². The zero-order valence-electron chi connectivity index (χ0n) is 19.7. The van der Waals surface area contributed by atoms with Crippen LogP contribution in [-0.4, -0.2) is 68.5 Å². The molecule has 3 aliphatic heterocycles. The molecule has 1 unspecified atom stereocenters. The first-order valence-electron chi connectivity index (χ1n) is 11.8. The summed E-state index contributed by atoms with van der Waals surface area (Å²) in [5.41, 5.74) is 6.24. The molecule has 1 aromatic carbocycles. The van der Waals surface area contributed by atoms with Crippen molar-refractivity contribution in [3.63, 3.8) is 0 Å². The van der Waals surface area contributed by atoms with Crippen molar-refractivity contribution in [2.24, 2.45) is 5.92 Å². The Morgan fingerprint density at radius 3 is 2.62 bits per heavy atom. The van der Waals surface area contributed by atoms with E-state index < -0.39 is 0 Å². The van der Waals surface area contributed by atoms with Gasteiger partial charge >= 0.3 is 6.09 Å². The van der Waals surface area contributed by atoms with Crippen molar-refractivity contribution < 1.29 is 19.1 Å². The van der Waals surface area contributed by atoms with Crippen molar-refractivity contribution in [1.29, 1.82) is 0 Å². The number of hydrazine groups is 1. The molecule has 8 nitrogen and oxygen atoms in total. The van der Waals surface area contributed by atoms with Crippen LogP contribution in [0.3, 0.4) is 0 Å². The van der Waals surface area contributed by atoms with Crippen molar-refractivity contribution >= 4 is 23.4 Å². The number of anilines is 2. The number of carbonyl (C=O) groups excluding carboxylic acids is 2. The van der Waals surface area contributed by atoms with Crippen LogP contribution in [0.1, 0.15) is 52.0 Å². The van der Waals surface area contributed by atoms with E-state index in [-0.39, 0.29) is 24.1 Å². The molecule has 2 amide bonds. The molecule has 1 aromatic rings. The van der Waals surface area contributed by atoms with E-state index in [1.54, 1.807) is 16.7 Å². The third-order valence-corrected chi connectivity index (χ3v) is 6.63. The molecular weight excluding hydrogens is 408 g/mol. The predicted molar refractivity (Wildman–Crippen MR) is 124 cm³/mol. The summed E-state index contributed by atoms with van der Waals surface area (Å²) in [7, 11) is 0. The molecule has 8 heteroatoms. The lowest BCUT2D eigenvalue weighted by Crippen LogP contribution is -2.51. The van der Waals surface area contributed by atoms with Gasteiger partial charge in [0.05, 0.1) is 23.5 Å². The van der Waals surface area contributed by atoms with Gasteiger partial charge in [-0.2, -0.15) is 0 Å². The first kappa shape index (κ1) is 23.0. The number of amides is 2. The summed E-state index contributed by atoms with van der Waals surface area (Å²) < 4.78 is 11.0. The predicted octanol–water partition coefficient (Wildman–Crippen LogP) is 3.12. The van der Waals surface area contributed by atoms with Crippen LogP contribution in [0.4, 0.5) is 16.2 Å². The number of nitrogens with one attached hydrogen (secondary N) is 1. The topological polar surface area (TPSA) is 74.4 Å². The van der Waals surface area contributed by atoms with E-state index in [0.717, 1.165) is 57.1 Å². The third kappa shape index (κ3) is 4.92. The van der Waals surface area contributed by atoms with Crippen LogP contribution in [0, 0.1) is 5.92 Å². The maximum absolute atomic E-state index is 12.9. The first-order chi connectivity index (χ1) is 15.3. The fourth-order valence-corrected chi connectivity index (χ4v) is 5.05. The van der Waals surface area contributed by atoms with Crippen LogP contribution in [0.2, 0.25) is 0 Å². The zero-order valence-corrected chi connectivity index (χ0v) is 19.7. The second-order valence-corrected chi connectivity index (χ2v) is 9.55. The molecule has 0 saturated carbocycles. The molecule has 1 N–H and O–H groups in total. The van der Waals surface area contributed by atoms with Gasteiger partial charge < -0.3 is 14.4 Å². The van der Waals surface area contributed by atoms with E-state index in [2.05, 4.69) is 22.6 Å². The average molecular weight is 445 g/mol. The van der Waals surface area contributed by atoms with Gasteiger partial charge in [0.25, 0.3) is 0 Å². The Hall–Kier alpha value is -2.16. The average Bonchev–Trinajstić information content (AvgIpc) is 3.21. The maximum atomic E-state index is 12.9. The summed E-state index contributed by atoms with van der Waals surface area (Å²) >= 11 is 0. The highest BCUT2D eigenvalue weighted by Gasteiger charge is 2.36. The molecule has 0 bridgehead atoms. The molecule has 2 fully saturated rings. The fraction of sp³-hybridized carbons (Fsp3) is 0.667. The molecule has 176 valence electrons. The summed E-state index contributed by atoms with van der Waals surface area (Å²) in [5, 5.41) is 2.33. The van der Waals surface area contributed by atoms with Gasteiger partial charge in [-0.05, 0) is 57.2 Å². The molecule has 0 aliphatic carbocycles. The van der Waals surface area contributed by atoms with Gasteiger partial charge in [0, 0.05) is 52.2 Å². The summed E-state index contributed by atoms with van der Waals surface area (Å²) in [6.07, 6.45) is 1.67. The Bertz CT molecular complexity index is 839. The Morgan fingerprint density at radius 2 is 1.94 bits per heavy atom. The van der Waals surface area contributed by atoms with E-state index in [0.29, 0.717) is 18.4 Å². The quantitative estimate of drug-likeness (QED) is 0.769. The number of carbonyl (C=O) groups is 2. The highest BCUT2D eigenvalue weighted by atomic mass is 16.6. The molecule has 2 atom stereocenters. The molecule has 32 heavy (non-hydrogen) atoms. The Labute approximate surface area is 190 Å². The van der Waals surface area contributed by atoms with Gasteiger partial charge in [0.15, 0.2) is 0 Å². The summed E-state index contributed by atoms with van der Waals surface area (Å²) in [6, 6.07) is 6.04. The van der Waals surface area contributed by atoms with Gasteiger partial charge in [0.1, 0.15) is 0 Å². The molecule has 2 saturated heterocycles. The van der Waals surface area contributed by atoms with Crippen LogP contribution in [0.5, 0.6) is 0 Å². The number of rotatable bonds is 4. The lowest BCUT2D eigenvalue weighted by atomic mass is 9.96. The summed E-state index contributed by atoms with van der Waals surface area (Å²) in [5.74, 6) is 0.979. The minimum atomic E-state index is -0.362. The van der Waals surface area contributed by atoms with E-state index in [1.165, 1.54) is 5.56 Å². The first-order valence-corrected chi connectivity index (χ1v) is 11.8. The van der Waals surface area contributed by atoms with Crippen molar-refractivity contribution in [1.82, 2.24) is 10.4 Å². The zero-order chi connectivity index (χ0) is 22.8. The van der Waals surface area contributed by atoms with Gasteiger partial charge in [-0.3, -0.25) is 15.1 Å². The van der Waals surface area contributed by atoms with E-state index >= 15 is 0 Å². The largest absolute Gasteiger partial charge is 0.446 e. The normalized spacial score (nSPS) is 24.7. The van der Waals surface area contributed by atoms with Crippen molar-refractivity contribution in [2.75, 3.05) is 49.2 Å². The van der Waals surface area contributed by atoms with Gasteiger partial charge in [-0.15, -0.1) is 0 Å². The molecular formula is C24H36N4O4. The van der Waals surface area contributed by atoms with Crippen molar-refractivity contribution in [3.8, 4) is 0 Å². The van der Waals surface area contributed by atoms with Gasteiger partial charge in [-0.25, -0.2) is 9.80 Å². The molecule has 0 radical (unpaired) electrons. The SMILES string of the molecule is CC(=O)N1c2ccc(C3CNN(CC4CCOCC4)C3)cc2N(C(=O)OC(C)C)C[C@@H]1C. The number of hydrogen-bond acceptors (Lipinski definition) is 6. The highest BCUT2D eigenvalue weighted by Crippen LogP contribution is 2.39. The standard InChI is InChI=1S/C24H36N4O4/c1-16(2)32-24(30)27-13-17(3)28(18(4)29)22-6-5-20(11-23(22)27)21-12-25-26(15-21)14-19-7-9-31-10-8-19/h5-6,11,16-17,19,21,25H,7-10,12-15H2,1-4H3/t17-,21?/m0/s1. The van der Waals surface area contributed by atoms with E-state index in [9.17, 15) is 9.59 Å². The van der Waals surface area contributed by atoms with Crippen LogP contribution in [0.25, 0.3) is 0 Å². The number of hydrogen-bond donors (Lipinski definition) is 1. The monoisotopic (exact) mass is 444 g/mol. The lowest BCUT2D eigenvalue weighted by molar-refractivity contribution is -0.117. The van der Waals surface area contributed by atoms with Gasteiger partial charge in [-0.1, -0.05) is 6.07 Å². The number of nitrogens with zero attached hydrogens (tertiary/aromatic N) is 3. The van der Waals surface area contributed by atoms with E-state index in [1.807, 2.05) is 26.8 Å². The smallest absolute Gasteiger partial charge is 0.414 e. The van der Waals surface area contributed by atoms with Gasteiger partial charge in [0.2, 0.25) is 5.91 Å². The Balaban J connectivity index is 1.55. The molecule has 3 heterocycles. The van der Waals surface area contributed by atoms with Crippen LogP contribution < -0.4 is 15.2 Å². The van der Waals surface area contributed by atoms with Crippen LogP contribution in [-0.2, 0) is 14.3 Å². The minimum Gasteiger partial charge on any atom is -0.446 e. The van der Waals surface area contributed by atoms with Crippen LogP contribution in [0.15, 0.2) is 18.2 Å². The lowest BCUT2D eigenvalue weighted by Gasteiger charge is -2.40. The van der Waals surface area contributed by atoms with Crippen LogP contribution >= 0.6 is 0 Å². The molecule has 4 rings (SSSR count). The second kappa shape index (κ2) is 9.77. The van der Waals surface area contributed by atoms with E-state index in [4.69, 9.17) is 9.47 Å².